The second kappa shape index (κ2) is 6.35. The Labute approximate surface area is 155 Å². The Balaban J connectivity index is 1.52. The Kier molecular flexibility index (Phi) is 4.14. The second-order valence-corrected chi connectivity index (χ2v) is 8.78. The average Bonchev–Trinajstić information content (AvgIpc) is 3.19. The number of thiazole rings is 1. The summed E-state index contributed by atoms with van der Waals surface area (Å²) in [6.45, 7) is 0.849. The summed E-state index contributed by atoms with van der Waals surface area (Å²) in [6.07, 6.45) is 0. The number of amides is 1. The van der Waals surface area contributed by atoms with Gasteiger partial charge in [-0.25, -0.2) is 4.98 Å². The summed E-state index contributed by atoms with van der Waals surface area (Å²) in [5, 5.41) is 2.84. The number of carbonyl (C=O) groups is 1. The van der Waals surface area contributed by atoms with Gasteiger partial charge in [0.15, 0.2) is 0 Å². The Morgan fingerprint density at radius 2 is 1.92 bits per heavy atom. The lowest BCUT2D eigenvalue weighted by Gasteiger charge is -2.18. The van der Waals surface area contributed by atoms with Crippen molar-refractivity contribution in [1.29, 1.82) is 0 Å². The standard InChI is InChI=1S/C17H16N4O3S2/c1-20-8-9-21(26(20,23)24)14-5-2-12(3-6-14)17(22)19-13-4-7-16-15(10-13)18-11-25-16/h2-7,10-11H,8-9H2,1H3,(H,19,22). The summed E-state index contributed by atoms with van der Waals surface area (Å²) in [6, 6.07) is 12.1. The van der Waals surface area contributed by atoms with E-state index in [1.54, 1.807) is 48.2 Å². The third kappa shape index (κ3) is 2.94. The van der Waals surface area contributed by atoms with Gasteiger partial charge in [-0.3, -0.25) is 9.10 Å². The molecule has 2 aromatic carbocycles. The third-order valence-corrected chi connectivity index (χ3v) is 7.03. The summed E-state index contributed by atoms with van der Waals surface area (Å²) < 4.78 is 28.1. The number of fused-ring (bicyclic) bond motifs is 1. The highest BCUT2D eigenvalue weighted by molar-refractivity contribution is 7.90. The van der Waals surface area contributed by atoms with Crippen LogP contribution in [0, 0.1) is 0 Å². The highest BCUT2D eigenvalue weighted by atomic mass is 32.2. The molecule has 0 unspecified atom stereocenters. The fourth-order valence-corrected chi connectivity index (χ4v) is 4.82. The summed E-state index contributed by atoms with van der Waals surface area (Å²) in [5.74, 6) is -0.257. The van der Waals surface area contributed by atoms with Crippen molar-refractivity contribution in [3.05, 3.63) is 53.5 Å². The van der Waals surface area contributed by atoms with Gasteiger partial charge in [0, 0.05) is 31.4 Å². The molecule has 9 heteroatoms. The van der Waals surface area contributed by atoms with Crippen LogP contribution in [0.15, 0.2) is 48.0 Å². The number of aromatic nitrogens is 1. The molecule has 0 saturated carbocycles. The van der Waals surface area contributed by atoms with Gasteiger partial charge < -0.3 is 5.32 Å². The first-order chi connectivity index (χ1) is 12.4. The molecule has 0 atom stereocenters. The SMILES string of the molecule is CN1CCN(c2ccc(C(=O)Nc3ccc4scnc4c3)cc2)S1(=O)=O. The molecule has 1 aliphatic heterocycles. The number of nitrogens with zero attached hydrogens (tertiary/aromatic N) is 3. The van der Waals surface area contributed by atoms with E-state index in [1.165, 1.54) is 8.61 Å². The molecule has 0 bridgehead atoms. The van der Waals surface area contributed by atoms with Crippen LogP contribution in [0.1, 0.15) is 10.4 Å². The third-order valence-electron chi connectivity index (χ3n) is 4.30. The Morgan fingerprint density at radius 3 is 2.62 bits per heavy atom. The molecular formula is C17H16N4O3S2. The molecule has 3 aromatic rings. The lowest BCUT2D eigenvalue weighted by atomic mass is 10.2. The van der Waals surface area contributed by atoms with Crippen LogP contribution in [0.5, 0.6) is 0 Å². The molecule has 0 spiro atoms. The second-order valence-electron chi connectivity index (χ2n) is 5.94. The zero-order chi connectivity index (χ0) is 18.3. The van der Waals surface area contributed by atoms with Crippen molar-refractivity contribution in [2.45, 2.75) is 0 Å². The maximum atomic E-state index is 12.4. The molecule has 4 rings (SSSR count). The summed E-state index contributed by atoms with van der Waals surface area (Å²) in [5.41, 5.74) is 4.28. The predicted octanol–water partition coefficient (Wildman–Crippen LogP) is 2.55. The lowest BCUT2D eigenvalue weighted by Crippen LogP contribution is -2.30. The molecule has 1 N–H and O–H groups in total. The van der Waals surface area contributed by atoms with Gasteiger partial charge in [-0.1, -0.05) is 0 Å². The first-order valence-corrected chi connectivity index (χ1v) is 10.2. The minimum Gasteiger partial charge on any atom is -0.322 e. The van der Waals surface area contributed by atoms with E-state index in [2.05, 4.69) is 10.3 Å². The van der Waals surface area contributed by atoms with E-state index in [4.69, 9.17) is 0 Å². The molecule has 0 radical (unpaired) electrons. The van der Waals surface area contributed by atoms with E-state index in [9.17, 15) is 13.2 Å². The Morgan fingerprint density at radius 1 is 1.15 bits per heavy atom. The number of likely N-dealkylation sites (N-methyl/N-ethyl adjacent to an activating group) is 1. The zero-order valence-corrected chi connectivity index (χ0v) is 15.5. The highest BCUT2D eigenvalue weighted by Crippen LogP contribution is 2.25. The first kappa shape index (κ1) is 17.0. The molecule has 26 heavy (non-hydrogen) atoms. The lowest BCUT2D eigenvalue weighted by molar-refractivity contribution is 0.102. The van der Waals surface area contributed by atoms with Crippen LogP contribution in [0.3, 0.4) is 0 Å². The number of anilines is 2. The number of carbonyl (C=O) groups excluding carboxylic acids is 1. The van der Waals surface area contributed by atoms with Gasteiger partial charge in [-0.05, 0) is 42.5 Å². The van der Waals surface area contributed by atoms with Crippen LogP contribution < -0.4 is 9.62 Å². The summed E-state index contributed by atoms with van der Waals surface area (Å²) in [4.78, 5) is 16.7. The number of hydrogen-bond donors (Lipinski definition) is 1. The Bertz CT molecular complexity index is 1080. The minimum atomic E-state index is -3.46. The average molecular weight is 388 g/mol. The maximum Gasteiger partial charge on any atom is 0.303 e. The van der Waals surface area contributed by atoms with Crippen LogP contribution in [-0.4, -0.2) is 43.8 Å². The van der Waals surface area contributed by atoms with Crippen LogP contribution in [0.2, 0.25) is 0 Å². The van der Waals surface area contributed by atoms with Gasteiger partial charge in [0.1, 0.15) is 0 Å². The van der Waals surface area contributed by atoms with Gasteiger partial charge >= 0.3 is 10.2 Å². The van der Waals surface area contributed by atoms with Gasteiger partial charge in [0.25, 0.3) is 5.91 Å². The molecule has 2 heterocycles. The van der Waals surface area contributed by atoms with E-state index in [0.717, 1.165) is 10.2 Å². The van der Waals surface area contributed by atoms with Crippen molar-refractivity contribution in [1.82, 2.24) is 9.29 Å². The van der Waals surface area contributed by atoms with Gasteiger partial charge in [0.2, 0.25) is 0 Å². The van der Waals surface area contributed by atoms with E-state index in [-0.39, 0.29) is 5.91 Å². The zero-order valence-electron chi connectivity index (χ0n) is 13.9. The number of nitrogens with one attached hydrogen (secondary N) is 1. The number of hydrogen-bond acceptors (Lipinski definition) is 5. The molecule has 1 saturated heterocycles. The van der Waals surface area contributed by atoms with Gasteiger partial charge in [-0.15, -0.1) is 11.3 Å². The van der Waals surface area contributed by atoms with E-state index >= 15 is 0 Å². The smallest absolute Gasteiger partial charge is 0.303 e. The van der Waals surface area contributed by atoms with Gasteiger partial charge in [-0.2, -0.15) is 12.7 Å². The van der Waals surface area contributed by atoms with Gasteiger partial charge in [0.05, 0.1) is 21.4 Å². The van der Waals surface area contributed by atoms with Crippen LogP contribution in [-0.2, 0) is 10.2 Å². The molecular weight excluding hydrogens is 372 g/mol. The molecule has 7 nitrogen and oxygen atoms in total. The van der Waals surface area contributed by atoms with Crippen LogP contribution in [0.25, 0.3) is 10.2 Å². The first-order valence-electron chi connectivity index (χ1n) is 7.94. The number of rotatable bonds is 3. The van der Waals surface area contributed by atoms with E-state index < -0.39 is 10.2 Å². The molecule has 1 aliphatic rings. The monoisotopic (exact) mass is 388 g/mol. The normalized spacial score (nSPS) is 16.9. The largest absolute Gasteiger partial charge is 0.322 e. The van der Waals surface area contributed by atoms with Crippen LogP contribution in [0.4, 0.5) is 11.4 Å². The molecule has 134 valence electrons. The van der Waals surface area contributed by atoms with E-state index in [0.29, 0.717) is 30.0 Å². The number of benzene rings is 2. The maximum absolute atomic E-state index is 12.4. The fraction of sp³-hybridized carbons (Fsp3) is 0.176. The highest BCUT2D eigenvalue weighted by Gasteiger charge is 2.33. The molecule has 1 aromatic heterocycles. The Hall–Kier alpha value is -2.49. The predicted molar refractivity (Wildman–Crippen MR) is 103 cm³/mol. The van der Waals surface area contributed by atoms with Crippen molar-refractivity contribution in [3.63, 3.8) is 0 Å². The molecule has 0 aliphatic carbocycles. The molecule has 1 fully saturated rings. The summed E-state index contributed by atoms with van der Waals surface area (Å²) in [7, 11) is -1.90. The van der Waals surface area contributed by atoms with Crippen molar-refractivity contribution in [2.24, 2.45) is 0 Å². The fourth-order valence-electron chi connectivity index (χ4n) is 2.81. The van der Waals surface area contributed by atoms with Crippen molar-refractivity contribution >= 4 is 49.0 Å². The van der Waals surface area contributed by atoms with Crippen molar-refractivity contribution < 1.29 is 13.2 Å². The summed E-state index contributed by atoms with van der Waals surface area (Å²) >= 11 is 1.54. The van der Waals surface area contributed by atoms with E-state index in [1.807, 2.05) is 18.2 Å². The van der Waals surface area contributed by atoms with Crippen LogP contribution >= 0.6 is 11.3 Å². The topological polar surface area (TPSA) is 82.6 Å². The van der Waals surface area contributed by atoms with Crippen molar-refractivity contribution in [3.8, 4) is 0 Å². The van der Waals surface area contributed by atoms with Crippen molar-refractivity contribution in [2.75, 3.05) is 29.8 Å². The molecule has 1 amide bonds. The minimum absolute atomic E-state index is 0.257. The quantitative estimate of drug-likeness (QED) is 0.747.